The number of H-pyrrole nitrogens is 1. The van der Waals surface area contributed by atoms with E-state index >= 15 is 0 Å². The third-order valence-corrected chi connectivity index (χ3v) is 3.86. The Labute approximate surface area is 147 Å². The molecule has 25 heavy (non-hydrogen) atoms. The molecule has 0 bridgehead atoms. The lowest BCUT2D eigenvalue weighted by Crippen LogP contribution is -2.34. The Bertz CT molecular complexity index is 798. The van der Waals surface area contributed by atoms with Crippen LogP contribution in [0, 0.1) is 6.92 Å². The number of aromatic amines is 1. The van der Waals surface area contributed by atoms with Crippen LogP contribution in [0.2, 0.25) is 0 Å². The van der Waals surface area contributed by atoms with E-state index in [9.17, 15) is 9.59 Å². The molecule has 0 saturated carbocycles. The van der Waals surface area contributed by atoms with E-state index in [0.717, 1.165) is 11.3 Å². The van der Waals surface area contributed by atoms with Gasteiger partial charge in [-0.05, 0) is 50.6 Å². The summed E-state index contributed by atoms with van der Waals surface area (Å²) in [5.41, 5.74) is 1.40. The highest BCUT2D eigenvalue weighted by atomic mass is 16.5. The molecule has 2 rings (SSSR count). The van der Waals surface area contributed by atoms with E-state index in [1.165, 1.54) is 0 Å². The van der Waals surface area contributed by atoms with Gasteiger partial charge in [-0.1, -0.05) is 6.07 Å². The maximum atomic E-state index is 12.7. The topological polar surface area (TPSA) is 71.6 Å². The van der Waals surface area contributed by atoms with Crippen LogP contribution in [-0.4, -0.2) is 36.1 Å². The lowest BCUT2D eigenvalue weighted by Gasteiger charge is -2.21. The first-order valence-electron chi connectivity index (χ1n) is 8.29. The van der Waals surface area contributed by atoms with Gasteiger partial charge in [0.05, 0.1) is 13.7 Å². The number of nitrogens with one attached hydrogen (secondary N) is 1. The van der Waals surface area contributed by atoms with Crippen molar-refractivity contribution >= 4 is 5.91 Å². The van der Waals surface area contributed by atoms with Crippen molar-refractivity contribution in [3.05, 3.63) is 57.5 Å². The van der Waals surface area contributed by atoms with Gasteiger partial charge in [-0.25, -0.2) is 0 Å². The van der Waals surface area contributed by atoms with Gasteiger partial charge in [-0.2, -0.15) is 0 Å². The number of pyridine rings is 1. The van der Waals surface area contributed by atoms with E-state index in [1.807, 2.05) is 32.0 Å². The fraction of sp³-hybridized carbons (Fsp3) is 0.368. The smallest absolute Gasteiger partial charge is 0.260 e. The van der Waals surface area contributed by atoms with Crippen LogP contribution < -0.4 is 15.0 Å². The number of methoxy groups -OCH3 is 1. The Morgan fingerprint density at radius 1 is 1.16 bits per heavy atom. The Balaban J connectivity index is 2.24. The van der Waals surface area contributed by atoms with Crippen LogP contribution in [0.3, 0.4) is 0 Å². The first kappa shape index (κ1) is 18.6. The minimum Gasteiger partial charge on any atom is -0.493 e. The van der Waals surface area contributed by atoms with E-state index < -0.39 is 0 Å². The molecule has 0 spiro atoms. The maximum Gasteiger partial charge on any atom is 0.260 e. The number of aryl methyl sites for hydroxylation is 1. The molecule has 1 aromatic carbocycles. The van der Waals surface area contributed by atoms with Crippen molar-refractivity contribution in [2.24, 2.45) is 0 Å². The predicted octanol–water partition coefficient (Wildman–Crippen LogP) is 2.75. The van der Waals surface area contributed by atoms with E-state index in [2.05, 4.69) is 4.98 Å². The molecule has 6 heteroatoms. The molecule has 0 atom stereocenters. The van der Waals surface area contributed by atoms with Crippen LogP contribution in [0.25, 0.3) is 0 Å². The molecule has 134 valence electrons. The normalized spacial score (nSPS) is 10.4. The van der Waals surface area contributed by atoms with Crippen molar-refractivity contribution in [2.75, 3.05) is 20.3 Å². The van der Waals surface area contributed by atoms with E-state index in [0.29, 0.717) is 31.2 Å². The lowest BCUT2D eigenvalue weighted by molar-refractivity contribution is 0.0750. The summed E-state index contributed by atoms with van der Waals surface area (Å²) in [6, 6.07) is 8.86. The number of amides is 1. The standard InChI is InChI=1S/C19H24N2O4/c1-5-21(19(23)15-9-7-13(3)20-18(15)22)12-14-8-10-16(25-6-2)17(11-14)24-4/h7-11H,5-6,12H2,1-4H3,(H,20,22). The number of carbonyl (C=O) groups is 1. The second-order valence-corrected chi connectivity index (χ2v) is 5.62. The minimum absolute atomic E-state index is 0.144. The van der Waals surface area contributed by atoms with Crippen LogP contribution in [-0.2, 0) is 6.54 Å². The predicted molar refractivity (Wildman–Crippen MR) is 96.4 cm³/mol. The third kappa shape index (κ3) is 4.41. The highest BCUT2D eigenvalue weighted by molar-refractivity contribution is 5.93. The van der Waals surface area contributed by atoms with Crippen molar-refractivity contribution in [1.29, 1.82) is 0 Å². The van der Waals surface area contributed by atoms with Gasteiger partial charge < -0.3 is 19.4 Å². The van der Waals surface area contributed by atoms with Gasteiger partial charge in [-0.15, -0.1) is 0 Å². The Hall–Kier alpha value is -2.76. The molecule has 1 aromatic heterocycles. The SMILES string of the molecule is CCOc1ccc(CN(CC)C(=O)c2ccc(C)[nH]c2=O)cc1OC. The molecule has 6 nitrogen and oxygen atoms in total. The molecule has 0 fully saturated rings. The van der Waals surface area contributed by atoms with Crippen molar-refractivity contribution in [2.45, 2.75) is 27.3 Å². The summed E-state index contributed by atoms with van der Waals surface area (Å²) < 4.78 is 10.9. The molecular formula is C19H24N2O4. The van der Waals surface area contributed by atoms with Crippen molar-refractivity contribution < 1.29 is 14.3 Å². The van der Waals surface area contributed by atoms with Crippen LogP contribution in [0.5, 0.6) is 11.5 Å². The summed E-state index contributed by atoms with van der Waals surface area (Å²) in [5.74, 6) is 0.991. The van der Waals surface area contributed by atoms with Crippen LogP contribution in [0.15, 0.2) is 35.1 Å². The number of rotatable bonds is 7. The zero-order valence-electron chi connectivity index (χ0n) is 15.1. The van der Waals surface area contributed by atoms with Crippen LogP contribution >= 0.6 is 0 Å². The Morgan fingerprint density at radius 3 is 2.52 bits per heavy atom. The highest BCUT2D eigenvalue weighted by Crippen LogP contribution is 2.28. The zero-order chi connectivity index (χ0) is 18.4. The lowest BCUT2D eigenvalue weighted by atomic mass is 10.1. The molecule has 0 aliphatic rings. The quantitative estimate of drug-likeness (QED) is 0.838. The summed E-state index contributed by atoms with van der Waals surface area (Å²) in [6.07, 6.45) is 0. The van der Waals surface area contributed by atoms with E-state index in [1.54, 1.807) is 31.1 Å². The highest BCUT2D eigenvalue weighted by Gasteiger charge is 2.18. The number of aromatic nitrogens is 1. The number of hydrogen-bond acceptors (Lipinski definition) is 4. The second kappa shape index (κ2) is 8.37. The number of carbonyl (C=O) groups excluding carboxylic acids is 1. The second-order valence-electron chi connectivity index (χ2n) is 5.62. The molecule has 0 aliphatic heterocycles. The fourth-order valence-electron chi connectivity index (χ4n) is 2.54. The van der Waals surface area contributed by atoms with Gasteiger partial charge in [0, 0.05) is 18.8 Å². The minimum atomic E-state index is -0.368. The first-order chi connectivity index (χ1) is 12.0. The maximum absolute atomic E-state index is 12.7. The Morgan fingerprint density at radius 2 is 1.92 bits per heavy atom. The van der Waals surface area contributed by atoms with Crippen LogP contribution in [0.4, 0.5) is 0 Å². The molecule has 1 amide bonds. The average Bonchev–Trinajstić information content (AvgIpc) is 2.60. The fourth-order valence-corrected chi connectivity index (χ4v) is 2.54. The molecular weight excluding hydrogens is 320 g/mol. The van der Waals surface area contributed by atoms with Gasteiger partial charge in [0.25, 0.3) is 11.5 Å². The number of ether oxygens (including phenoxy) is 2. The third-order valence-electron chi connectivity index (χ3n) is 3.86. The molecule has 0 radical (unpaired) electrons. The summed E-state index contributed by atoms with van der Waals surface area (Å²) in [7, 11) is 1.58. The van der Waals surface area contributed by atoms with Gasteiger partial charge in [0.2, 0.25) is 0 Å². The van der Waals surface area contributed by atoms with Gasteiger partial charge in [0.15, 0.2) is 11.5 Å². The van der Waals surface area contributed by atoms with Gasteiger partial charge in [0.1, 0.15) is 5.56 Å². The largest absolute Gasteiger partial charge is 0.493 e. The van der Waals surface area contributed by atoms with Gasteiger partial charge >= 0.3 is 0 Å². The molecule has 1 N–H and O–H groups in total. The molecule has 0 unspecified atom stereocenters. The monoisotopic (exact) mass is 344 g/mol. The molecule has 0 saturated heterocycles. The Kier molecular flexibility index (Phi) is 6.22. The summed E-state index contributed by atoms with van der Waals surface area (Å²) >= 11 is 0. The zero-order valence-corrected chi connectivity index (χ0v) is 15.1. The molecule has 0 aliphatic carbocycles. The summed E-state index contributed by atoms with van der Waals surface area (Å²) in [5, 5.41) is 0. The number of hydrogen-bond donors (Lipinski definition) is 1. The number of nitrogens with zero attached hydrogens (tertiary/aromatic N) is 1. The first-order valence-corrected chi connectivity index (χ1v) is 8.29. The van der Waals surface area contributed by atoms with Crippen molar-refractivity contribution in [3.63, 3.8) is 0 Å². The summed E-state index contributed by atoms with van der Waals surface area (Å²) in [6.45, 7) is 6.98. The van der Waals surface area contributed by atoms with Gasteiger partial charge in [-0.3, -0.25) is 9.59 Å². The molecule has 2 aromatic rings. The van der Waals surface area contributed by atoms with Crippen LogP contribution in [0.1, 0.15) is 35.5 Å². The summed E-state index contributed by atoms with van der Waals surface area (Å²) in [4.78, 5) is 29.0. The van der Waals surface area contributed by atoms with Crippen molar-refractivity contribution in [3.8, 4) is 11.5 Å². The molecule has 1 heterocycles. The average molecular weight is 344 g/mol. The number of benzene rings is 1. The van der Waals surface area contributed by atoms with E-state index in [-0.39, 0.29) is 17.0 Å². The van der Waals surface area contributed by atoms with E-state index in [4.69, 9.17) is 9.47 Å². The van der Waals surface area contributed by atoms with Crippen molar-refractivity contribution in [1.82, 2.24) is 9.88 Å².